The van der Waals surface area contributed by atoms with E-state index in [4.69, 9.17) is 4.74 Å². The topological polar surface area (TPSA) is 24.5 Å². The van der Waals surface area contributed by atoms with Gasteiger partial charge in [-0.05, 0) is 42.9 Å². The number of anilines is 1. The van der Waals surface area contributed by atoms with Crippen LogP contribution in [0.4, 0.5) is 5.69 Å². The molecule has 3 heteroatoms. The summed E-state index contributed by atoms with van der Waals surface area (Å²) >= 11 is 0. The van der Waals surface area contributed by atoms with Crippen LogP contribution in [0.5, 0.6) is 0 Å². The lowest BCUT2D eigenvalue weighted by atomic mass is 9.91. The third-order valence-corrected chi connectivity index (χ3v) is 4.90. The summed E-state index contributed by atoms with van der Waals surface area (Å²) in [5, 5.41) is 3.58. The first-order chi connectivity index (χ1) is 9.76. The smallest absolute Gasteiger partial charge is 0.0724 e. The monoisotopic (exact) mass is 274 g/mol. The van der Waals surface area contributed by atoms with E-state index in [9.17, 15) is 0 Å². The Morgan fingerprint density at radius 2 is 2.20 bits per heavy atom. The average Bonchev–Trinajstić information content (AvgIpc) is 2.49. The Kier molecular flexibility index (Phi) is 4.27. The maximum atomic E-state index is 5.62. The van der Waals surface area contributed by atoms with E-state index >= 15 is 0 Å². The van der Waals surface area contributed by atoms with Crippen molar-refractivity contribution < 1.29 is 4.74 Å². The van der Waals surface area contributed by atoms with Crippen LogP contribution in [-0.2, 0) is 11.2 Å². The van der Waals surface area contributed by atoms with E-state index in [0.29, 0.717) is 12.0 Å². The van der Waals surface area contributed by atoms with E-state index in [2.05, 4.69) is 41.4 Å². The van der Waals surface area contributed by atoms with Crippen molar-refractivity contribution in [3.8, 4) is 0 Å². The molecule has 0 saturated carbocycles. The van der Waals surface area contributed by atoms with Gasteiger partial charge in [-0.3, -0.25) is 0 Å². The third kappa shape index (κ3) is 2.99. The number of piperidine rings is 1. The fraction of sp³-hybridized carbons (Fsp3) is 0.647. The number of hydrogen-bond donors (Lipinski definition) is 1. The van der Waals surface area contributed by atoms with E-state index in [1.165, 1.54) is 37.2 Å². The van der Waals surface area contributed by atoms with Crippen LogP contribution in [0.15, 0.2) is 24.3 Å². The van der Waals surface area contributed by atoms with Crippen LogP contribution in [0.2, 0.25) is 0 Å². The second kappa shape index (κ2) is 6.15. The second-order valence-electron chi connectivity index (χ2n) is 6.41. The van der Waals surface area contributed by atoms with Crippen molar-refractivity contribution in [1.29, 1.82) is 0 Å². The molecule has 1 aromatic rings. The largest absolute Gasteiger partial charge is 0.384 e. The maximum absolute atomic E-state index is 5.62. The molecule has 1 N–H and O–H groups in total. The van der Waals surface area contributed by atoms with Crippen molar-refractivity contribution in [3.05, 3.63) is 29.8 Å². The van der Waals surface area contributed by atoms with Crippen molar-refractivity contribution in [2.24, 2.45) is 11.8 Å². The molecular weight excluding hydrogens is 248 g/mol. The Balaban J connectivity index is 1.57. The van der Waals surface area contributed by atoms with E-state index in [1.807, 2.05) is 7.11 Å². The minimum absolute atomic E-state index is 0.410. The molecule has 0 bridgehead atoms. The molecule has 2 heterocycles. The minimum atomic E-state index is 0.410. The molecule has 0 aromatic heterocycles. The van der Waals surface area contributed by atoms with Gasteiger partial charge in [0.15, 0.2) is 0 Å². The average molecular weight is 274 g/mol. The highest BCUT2D eigenvalue weighted by Crippen LogP contribution is 2.26. The first-order valence-electron chi connectivity index (χ1n) is 7.83. The summed E-state index contributed by atoms with van der Waals surface area (Å²) in [5.41, 5.74) is 2.79. The highest BCUT2D eigenvalue weighted by molar-refractivity contribution is 5.53. The molecule has 3 rings (SSSR count). The lowest BCUT2D eigenvalue weighted by Crippen LogP contribution is -2.47. The van der Waals surface area contributed by atoms with Crippen molar-refractivity contribution in [1.82, 2.24) is 4.90 Å². The summed E-state index contributed by atoms with van der Waals surface area (Å²) in [6.45, 7) is 6.91. The Bertz CT molecular complexity index is 448. The summed E-state index contributed by atoms with van der Waals surface area (Å²) in [6, 6.07) is 8.70. The summed E-state index contributed by atoms with van der Waals surface area (Å²) < 4.78 is 5.62. The molecule has 0 amide bonds. The van der Waals surface area contributed by atoms with Gasteiger partial charge in [-0.25, -0.2) is 0 Å². The SMILES string of the molecule is COC1CN(CC2CNc3ccccc3C2)CCC1C. The number of nitrogens with zero attached hydrogens (tertiary/aromatic N) is 1. The van der Waals surface area contributed by atoms with Crippen molar-refractivity contribution in [3.63, 3.8) is 0 Å². The fourth-order valence-corrected chi connectivity index (χ4v) is 3.57. The molecular formula is C17H26N2O. The van der Waals surface area contributed by atoms with Crippen molar-refractivity contribution >= 4 is 5.69 Å². The third-order valence-electron chi connectivity index (χ3n) is 4.90. The van der Waals surface area contributed by atoms with Crippen LogP contribution >= 0.6 is 0 Å². The van der Waals surface area contributed by atoms with Gasteiger partial charge >= 0.3 is 0 Å². The van der Waals surface area contributed by atoms with Crippen LogP contribution in [0.3, 0.4) is 0 Å². The fourth-order valence-electron chi connectivity index (χ4n) is 3.57. The minimum Gasteiger partial charge on any atom is -0.384 e. The normalized spacial score (nSPS) is 30.6. The van der Waals surface area contributed by atoms with E-state index in [0.717, 1.165) is 19.0 Å². The summed E-state index contributed by atoms with van der Waals surface area (Å²) in [6.07, 6.45) is 2.87. The molecule has 1 saturated heterocycles. The summed E-state index contributed by atoms with van der Waals surface area (Å²) in [7, 11) is 1.85. The lowest BCUT2D eigenvalue weighted by Gasteiger charge is -2.39. The van der Waals surface area contributed by atoms with Gasteiger partial charge in [0.1, 0.15) is 0 Å². The lowest BCUT2D eigenvalue weighted by molar-refractivity contribution is -0.00885. The van der Waals surface area contributed by atoms with Crippen molar-refractivity contribution in [2.45, 2.75) is 25.9 Å². The molecule has 1 aromatic carbocycles. The van der Waals surface area contributed by atoms with Gasteiger partial charge in [0.25, 0.3) is 0 Å². The highest BCUT2D eigenvalue weighted by Gasteiger charge is 2.28. The molecule has 3 unspecified atom stereocenters. The first-order valence-corrected chi connectivity index (χ1v) is 7.83. The molecule has 0 aliphatic carbocycles. The van der Waals surface area contributed by atoms with Crippen LogP contribution in [-0.4, -0.2) is 44.3 Å². The standard InChI is InChI=1S/C17H26N2O/c1-13-7-8-19(12-17(13)20-2)11-14-9-15-5-3-4-6-16(15)18-10-14/h3-6,13-14,17-18H,7-12H2,1-2H3. The second-order valence-corrected chi connectivity index (χ2v) is 6.41. The predicted molar refractivity (Wildman–Crippen MR) is 83.1 cm³/mol. The number of nitrogens with one attached hydrogen (secondary N) is 1. The number of rotatable bonds is 3. The van der Waals surface area contributed by atoms with E-state index < -0.39 is 0 Å². The van der Waals surface area contributed by atoms with Crippen LogP contribution in [0, 0.1) is 11.8 Å². The molecule has 1 fully saturated rings. The number of methoxy groups -OCH3 is 1. The summed E-state index contributed by atoms with van der Waals surface area (Å²) in [5.74, 6) is 1.41. The van der Waals surface area contributed by atoms with Crippen LogP contribution < -0.4 is 5.32 Å². The number of hydrogen-bond acceptors (Lipinski definition) is 3. The molecule has 3 atom stereocenters. The predicted octanol–water partition coefficient (Wildman–Crippen LogP) is 2.63. The summed E-state index contributed by atoms with van der Waals surface area (Å²) in [4.78, 5) is 2.59. The Labute approximate surface area is 122 Å². The molecule has 110 valence electrons. The van der Waals surface area contributed by atoms with Gasteiger partial charge in [-0.2, -0.15) is 0 Å². The number of para-hydroxylation sites is 1. The van der Waals surface area contributed by atoms with Gasteiger partial charge in [-0.1, -0.05) is 25.1 Å². The van der Waals surface area contributed by atoms with E-state index in [-0.39, 0.29) is 0 Å². The van der Waals surface area contributed by atoms with Crippen LogP contribution in [0.25, 0.3) is 0 Å². The number of likely N-dealkylation sites (tertiary alicyclic amines) is 1. The first kappa shape index (κ1) is 13.9. The van der Waals surface area contributed by atoms with Gasteiger partial charge in [0.2, 0.25) is 0 Å². The number of benzene rings is 1. The molecule has 3 nitrogen and oxygen atoms in total. The molecule has 0 radical (unpaired) electrons. The molecule has 0 spiro atoms. The van der Waals surface area contributed by atoms with Crippen LogP contribution in [0.1, 0.15) is 18.9 Å². The van der Waals surface area contributed by atoms with Gasteiger partial charge in [0.05, 0.1) is 6.10 Å². The molecule has 2 aliphatic heterocycles. The Morgan fingerprint density at radius 1 is 1.35 bits per heavy atom. The van der Waals surface area contributed by atoms with Gasteiger partial charge < -0.3 is 15.0 Å². The molecule has 20 heavy (non-hydrogen) atoms. The zero-order valence-corrected chi connectivity index (χ0v) is 12.6. The van der Waals surface area contributed by atoms with Gasteiger partial charge in [-0.15, -0.1) is 0 Å². The Morgan fingerprint density at radius 3 is 3.05 bits per heavy atom. The maximum Gasteiger partial charge on any atom is 0.0724 e. The quantitative estimate of drug-likeness (QED) is 0.917. The van der Waals surface area contributed by atoms with Gasteiger partial charge in [0, 0.05) is 32.4 Å². The number of fused-ring (bicyclic) bond motifs is 1. The Hall–Kier alpha value is -1.06. The zero-order chi connectivity index (χ0) is 13.9. The van der Waals surface area contributed by atoms with Crippen molar-refractivity contribution in [2.75, 3.05) is 38.6 Å². The molecule has 2 aliphatic rings. The van der Waals surface area contributed by atoms with E-state index in [1.54, 1.807) is 0 Å². The number of ether oxygens (including phenoxy) is 1. The zero-order valence-electron chi connectivity index (χ0n) is 12.6. The highest BCUT2D eigenvalue weighted by atomic mass is 16.5.